The highest BCUT2D eigenvalue weighted by Gasteiger charge is 2.26. The van der Waals surface area contributed by atoms with Crippen molar-refractivity contribution in [3.05, 3.63) is 6.20 Å². The van der Waals surface area contributed by atoms with Gasteiger partial charge in [0.1, 0.15) is 5.82 Å². The van der Waals surface area contributed by atoms with Crippen molar-refractivity contribution < 1.29 is 0 Å². The van der Waals surface area contributed by atoms with Gasteiger partial charge in [0.2, 0.25) is 0 Å². The molecule has 2 unspecified atom stereocenters. The van der Waals surface area contributed by atoms with E-state index in [0.717, 1.165) is 31.7 Å². The SMILES string of the molecule is CCn1nncc1N1CC(Cl)CCC1C. The minimum atomic E-state index is 0.251. The van der Waals surface area contributed by atoms with Gasteiger partial charge in [0.15, 0.2) is 0 Å². The number of piperidine rings is 1. The van der Waals surface area contributed by atoms with E-state index in [1.165, 1.54) is 0 Å². The molecule has 1 saturated heterocycles. The van der Waals surface area contributed by atoms with Crippen molar-refractivity contribution in [1.29, 1.82) is 0 Å². The van der Waals surface area contributed by atoms with Crippen LogP contribution >= 0.6 is 11.6 Å². The zero-order chi connectivity index (χ0) is 10.8. The predicted molar refractivity (Wildman–Crippen MR) is 61.4 cm³/mol. The Hall–Kier alpha value is -0.770. The second-order valence-corrected chi connectivity index (χ2v) is 4.70. The number of aromatic nitrogens is 3. The zero-order valence-corrected chi connectivity index (χ0v) is 9.98. The first kappa shape index (κ1) is 10.7. The van der Waals surface area contributed by atoms with E-state index >= 15 is 0 Å². The number of anilines is 1. The number of hydrogen-bond acceptors (Lipinski definition) is 3. The Morgan fingerprint density at radius 2 is 2.33 bits per heavy atom. The molecular formula is C10H17ClN4. The molecule has 1 aromatic rings. The third kappa shape index (κ3) is 2.09. The van der Waals surface area contributed by atoms with Crippen LogP contribution in [0.5, 0.6) is 0 Å². The maximum absolute atomic E-state index is 6.20. The van der Waals surface area contributed by atoms with Crippen molar-refractivity contribution in [3.63, 3.8) is 0 Å². The highest BCUT2D eigenvalue weighted by Crippen LogP contribution is 2.26. The van der Waals surface area contributed by atoms with Gasteiger partial charge < -0.3 is 4.90 Å². The molecule has 1 fully saturated rings. The summed E-state index contributed by atoms with van der Waals surface area (Å²) in [6, 6.07) is 0.531. The fourth-order valence-electron chi connectivity index (χ4n) is 2.08. The Labute approximate surface area is 95.2 Å². The van der Waals surface area contributed by atoms with Crippen molar-refractivity contribution in [2.24, 2.45) is 0 Å². The minimum Gasteiger partial charge on any atom is -0.351 e. The summed E-state index contributed by atoms with van der Waals surface area (Å²) >= 11 is 6.20. The van der Waals surface area contributed by atoms with Gasteiger partial charge in [-0.05, 0) is 26.7 Å². The summed E-state index contributed by atoms with van der Waals surface area (Å²) in [7, 11) is 0. The Bertz CT molecular complexity index is 325. The molecule has 5 heteroatoms. The first-order chi connectivity index (χ1) is 7.22. The molecule has 2 heterocycles. The molecule has 0 aromatic carbocycles. The van der Waals surface area contributed by atoms with Crippen LogP contribution in [0.4, 0.5) is 5.82 Å². The molecule has 84 valence electrons. The van der Waals surface area contributed by atoms with E-state index in [1.807, 2.05) is 10.9 Å². The maximum atomic E-state index is 6.20. The van der Waals surface area contributed by atoms with Crippen LogP contribution in [0.25, 0.3) is 0 Å². The molecule has 1 aliphatic heterocycles. The second kappa shape index (κ2) is 4.39. The molecule has 0 amide bonds. The van der Waals surface area contributed by atoms with Crippen molar-refractivity contribution in [1.82, 2.24) is 15.0 Å². The molecule has 0 radical (unpaired) electrons. The van der Waals surface area contributed by atoms with Crippen LogP contribution in [0, 0.1) is 0 Å². The van der Waals surface area contributed by atoms with Gasteiger partial charge in [-0.1, -0.05) is 5.21 Å². The molecule has 4 nitrogen and oxygen atoms in total. The first-order valence-corrected chi connectivity index (χ1v) is 5.95. The summed E-state index contributed by atoms with van der Waals surface area (Å²) in [4.78, 5) is 2.31. The average Bonchev–Trinajstić information content (AvgIpc) is 2.69. The molecular weight excluding hydrogens is 212 g/mol. The van der Waals surface area contributed by atoms with Crippen LogP contribution in [0.2, 0.25) is 0 Å². The van der Waals surface area contributed by atoms with Crippen molar-refractivity contribution in [3.8, 4) is 0 Å². The van der Waals surface area contributed by atoms with Gasteiger partial charge in [-0.3, -0.25) is 0 Å². The topological polar surface area (TPSA) is 34.0 Å². The average molecular weight is 229 g/mol. The van der Waals surface area contributed by atoms with Gasteiger partial charge in [0.25, 0.3) is 0 Å². The molecule has 1 aromatic heterocycles. The molecule has 0 aliphatic carbocycles. The number of nitrogens with zero attached hydrogens (tertiary/aromatic N) is 4. The monoisotopic (exact) mass is 228 g/mol. The number of aryl methyl sites for hydroxylation is 1. The van der Waals surface area contributed by atoms with Crippen LogP contribution in [-0.4, -0.2) is 33.0 Å². The van der Waals surface area contributed by atoms with Crippen LogP contribution in [-0.2, 0) is 6.54 Å². The van der Waals surface area contributed by atoms with E-state index < -0.39 is 0 Å². The summed E-state index contributed by atoms with van der Waals surface area (Å²) in [6.45, 7) is 6.06. The summed E-state index contributed by atoms with van der Waals surface area (Å²) in [5, 5.41) is 8.26. The van der Waals surface area contributed by atoms with E-state index in [4.69, 9.17) is 11.6 Å². The first-order valence-electron chi connectivity index (χ1n) is 5.51. The van der Waals surface area contributed by atoms with Gasteiger partial charge in [-0.25, -0.2) is 4.68 Å². The fraction of sp³-hybridized carbons (Fsp3) is 0.800. The molecule has 15 heavy (non-hydrogen) atoms. The van der Waals surface area contributed by atoms with E-state index in [0.29, 0.717) is 6.04 Å². The van der Waals surface area contributed by atoms with Crippen LogP contribution < -0.4 is 4.90 Å². The van der Waals surface area contributed by atoms with Gasteiger partial charge in [0, 0.05) is 19.1 Å². The van der Waals surface area contributed by atoms with Crippen LogP contribution in [0.3, 0.4) is 0 Å². The number of rotatable bonds is 2. The molecule has 1 aliphatic rings. The lowest BCUT2D eigenvalue weighted by molar-refractivity contribution is 0.473. The molecule has 0 bridgehead atoms. The zero-order valence-electron chi connectivity index (χ0n) is 9.23. The Kier molecular flexibility index (Phi) is 3.14. The van der Waals surface area contributed by atoms with Gasteiger partial charge in [-0.2, -0.15) is 0 Å². The summed E-state index contributed by atoms with van der Waals surface area (Å²) < 4.78 is 1.92. The normalized spacial score (nSPS) is 27.0. The summed E-state index contributed by atoms with van der Waals surface area (Å²) in [6.07, 6.45) is 4.07. The smallest absolute Gasteiger partial charge is 0.147 e. The van der Waals surface area contributed by atoms with E-state index in [1.54, 1.807) is 0 Å². The number of alkyl halides is 1. The quantitative estimate of drug-likeness (QED) is 0.725. The van der Waals surface area contributed by atoms with Crippen molar-refractivity contribution in [2.45, 2.75) is 44.7 Å². The Morgan fingerprint density at radius 1 is 1.53 bits per heavy atom. The lowest BCUT2D eigenvalue weighted by Gasteiger charge is -2.37. The van der Waals surface area contributed by atoms with Crippen molar-refractivity contribution >= 4 is 17.4 Å². The summed E-state index contributed by atoms with van der Waals surface area (Å²) in [5.41, 5.74) is 0. The maximum Gasteiger partial charge on any atom is 0.147 e. The third-order valence-electron chi connectivity index (χ3n) is 3.02. The van der Waals surface area contributed by atoms with Crippen LogP contribution in [0.15, 0.2) is 6.20 Å². The van der Waals surface area contributed by atoms with Gasteiger partial charge >= 0.3 is 0 Å². The second-order valence-electron chi connectivity index (χ2n) is 4.08. The highest BCUT2D eigenvalue weighted by atomic mass is 35.5. The molecule has 2 atom stereocenters. The molecule has 0 saturated carbocycles. The molecule has 2 rings (SSSR count). The lowest BCUT2D eigenvalue weighted by Crippen LogP contribution is -2.43. The van der Waals surface area contributed by atoms with E-state index in [9.17, 15) is 0 Å². The lowest BCUT2D eigenvalue weighted by atomic mass is 10.0. The Balaban J connectivity index is 2.20. The Morgan fingerprint density at radius 3 is 3.07 bits per heavy atom. The largest absolute Gasteiger partial charge is 0.351 e. The van der Waals surface area contributed by atoms with E-state index in [-0.39, 0.29) is 5.38 Å². The predicted octanol–water partition coefficient (Wildman–Crippen LogP) is 1.89. The standard InChI is InChI=1S/C10H17ClN4/c1-3-15-10(6-12-13-15)14-7-9(11)5-4-8(14)2/h6,8-9H,3-5,7H2,1-2H3. The molecule has 0 spiro atoms. The highest BCUT2D eigenvalue weighted by molar-refractivity contribution is 6.21. The van der Waals surface area contributed by atoms with Crippen LogP contribution in [0.1, 0.15) is 26.7 Å². The van der Waals surface area contributed by atoms with E-state index in [2.05, 4.69) is 29.1 Å². The molecule has 0 N–H and O–H groups in total. The van der Waals surface area contributed by atoms with Crippen molar-refractivity contribution in [2.75, 3.05) is 11.4 Å². The fourth-order valence-corrected chi connectivity index (χ4v) is 2.36. The number of hydrogen-bond donors (Lipinski definition) is 0. The number of halogens is 1. The summed E-state index contributed by atoms with van der Waals surface area (Å²) in [5.74, 6) is 1.09. The minimum absolute atomic E-state index is 0.251. The van der Waals surface area contributed by atoms with Gasteiger partial charge in [-0.15, -0.1) is 16.7 Å². The van der Waals surface area contributed by atoms with Gasteiger partial charge in [0.05, 0.1) is 11.6 Å². The third-order valence-corrected chi connectivity index (χ3v) is 3.37.